The number of nitrogens with zero attached hydrogens (tertiary/aromatic N) is 2. The van der Waals surface area contributed by atoms with E-state index in [2.05, 4.69) is 5.32 Å². The van der Waals surface area contributed by atoms with E-state index in [0.29, 0.717) is 18.7 Å². The molecule has 0 radical (unpaired) electrons. The van der Waals surface area contributed by atoms with Crippen molar-refractivity contribution in [2.45, 2.75) is 51.6 Å². The third-order valence-electron chi connectivity index (χ3n) is 6.20. The Balaban J connectivity index is 2.00. The minimum Gasteiger partial charge on any atom is -0.354 e. The Morgan fingerprint density at radius 2 is 1.45 bits per heavy atom. The molecule has 1 atom stereocenters. The van der Waals surface area contributed by atoms with Crippen LogP contribution in [0.15, 0.2) is 89.8 Å². The van der Waals surface area contributed by atoms with Crippen molar-refractivity contribution in [2.24, 2.45) is 5.92 Å². The van der Waals surface area contributed by atoms with E-state index in [-0.39, 0.29) is 23.3 Å². The third-order valence-corrected chi connectivity index (χ3v) is 7.99. The van der Waals surface area contributed by atoms with Gasteiger partial charge in [0, 0.05) is 13.1 Å². The molecule has 2 amide bonds. The van der Waals surface area contributed by atoms with E-state index in [1.165, 1.54) is 17.0 Å². The standard InChI is InChI=1S/C30H37N3O4S/c1-5-28(30(35)31-20-23(2)3)32(21-25-18-16-24(4)17-19-25)29(34)22-33(26-12-8-6-9-13-26)38(36,37)27-14-10-7-11-15-27/h6-19,23,28H,5,20-22H2,1-4H3,(H,31,35)/t28-/m0/s1. The van der Waals surface area contributed by atoms with Crippen LogP contribution in [0.2, 0.25) is 0 Å². The molecule has 0 unspecified atom stereocenters. The Morgan fingerprint density at radius 3 is 2.00 bits per heavy atom. The summed E-state index contributed by atoms with van der Waals surface area (Å²) in [6.07, 6.45) is 0.387. The van der Waals surface area contributed by atoms with Crippen LogP contribution >= 0.6 is 0 Å². The maximum Gasteiger partial charge on any atom is 0.264 e. The summed E-state index contributed by atoms with van der Waals surface area (Å²) in [6, 6.07) is 23.6. The van der Waals surface area contributed by atoms with Crippen LogP contribution in [0.25, 0.3) is 0 Å². The molecular weight excluding hydrogens is 498 g/mol. The first-order valence-corrected chi connectivity index (χ1v) is 14.3. The summed E-state index contributed by atoms with van der Waals surface area (Å²) in [5.74, 6) is -0.457. The number of aryl methyl sites for hydroxylation is 1. The molecular formula is C30H37N3O4S. The molecule has 8 heteroatoms. The maximum atomic E-state index is 14.0. The SMILES string of the molecule is CC[C@@H](C(=O)NCC(C)C)N(Cc1ccc(C)cc1)C(=O)CN(c1ccccc1)S(=O)(=O)c1ccccc1. The van der Waals surface area contributed by atoms with Gasteiger partial charge in [0.2, 0.25) is 11.8 Å². The van der Waals surface area contributed by atoms with Gasteiger partial charge < -0.3 is 10.2 Å². The molecule has 7 nitrogen and oxygen atoms in total. The number of rotatable bonds is 12. The van der Waals surface area contributed by atoms with Crippen molar-refractivity contribution in [3.63, 3.8) is 0 Å². The van der Waals surface area contributed by atoms with Crippen LogP contribution in [0.5, 0.6) is 0 Å². The molecule has 0 heterocycles. The van der Waals surface area contributed by atoms with Gasteiger partial charge in [-0.25, -0.2) is 8.42 Å². The van der Waals surface area contributed by atoms with Gasteiger partial charge in [0.25, 0.3) is 10.0 Å². The molecule has 38 heavy (non-hydrogen) atoms. The van der Waals surface area contributed by atoms with Crippen LogP contribution in [0.1, 0.15) is 38.3 Å². The molecule has 0 fully saturated rings. The van der Waals surface area contributed by atoms with Gasteiger partial charge in [-0.1, -0.05) is 87.0 Å². The first-order valence-electron chi connectivity index (χ1n) is 12.9. The zero-order valence-electron chi connectivity index (χ0n) is 22.5. The van der Waals surface area contributed by atoms with E-state index >= 15 is 0 Å². The molecule has 0 bridgehead atoms. The Labute approximate surface area is 226 Å². The van der Waals surface area contributed by atoms with E-state index in [1.807, 2.05) is 52.0 Å². The van der Waals surface area contributed by atoms with Gasteiger partial charge in [-0.2, -0.15) is 0 Å². The molecule has 202 valence electrons. The van der Waals surface area contributed by atoms with E-state index in [1.54, 1.807) is 48.5 Å². The van der Waals surface area contributed by atoms with Crippen molar-refractivity contribution in [2.75, 3.05) is 17.4 Å². The minimum atomic E-state index is -4.05. The predicted molar refractivity (Wildman–Crippen MR) is 151 cm³/mol. The van der Waals surface area contributed by atoms with Crippen molar-refractivity contribution in [1.29, 1.82) is 0 Å². The highest BCUT2D eigenvalue weighted by Gasteiger charge is 2.33. The van der Waals surface area contributed by atoms with Crippen LogP contribution in [-0.2, 0) is 26.2 Å². The molecule has 3 aromatic rings. The highest BCUT2D eigenvalue weighted by Crippen LogP contribution is 2.24. The zero-order valence-corrected chi connectivity index (χ0v) is 23.3. The first-order chi connectivity index (χ1) is 18.1. The Bertz CT molecular complexity index is 1290. The van der Waals surface area contributed by atoms with E-state index in [9.17, 15) is 18.0 Å². The maximum absolute atomic E-state index is 14.0. The van der Waals surface area contributed by atoms with E-state index in [0.717, 1.165) is 15.4 Å². The van der Waals surface area contributed by atoms with Gasteiger partial charge in [0.1, 0.15) is 12.6 Å². The lowest BCUT2D eigenvalue weighted by atomic mass is 10.1. The molecule has 3 rings (SSSR count). The second-order valence-electron chi connectivity index (χ2n) is 9.73. The fourth-order valence-electron chi connectivity index (χ4n) is 4.07. The first kappa shape index (κ1) is 28.9. The highest BCUT2D eigenvalue weighted by molar-refractivity contribution is 7.92. The lowest BCUT2D eigenvalue weighted by molar-refractivity contribution is -0.140. The second-order valence-corrected chi connectivity index (χ2v) is 11.6. The van der Waals surface area contributed by atoms with Gasteiger partial charge in [-0.05, 0) is 49.1 Å². The summed E-state index contributed by atoms with van der Waals surface area (Å²) < 4.78 is 28.5. The number of hydrogen-bond acceptors (Lipinski definition) is 4. The fraction of sp³-hybridized carbons (Fsp3) is 0.333. The minimum absolute atomic E-state index is 0.0865. The van der Waals surface area contributed by atoms with Gasteiger partial charge in [-0.3, -0.25) is 13.9 Å². The van der Waals surface area contributed by atoms with Crippen molar-refractivity contribution < 1.29 is 18.0 Å². The molecule has 3 aromatic carbocycles. The molecule has 1 N–H and O–H groups in total. The number of amides is 2. The third kappa shape index (κ3) is 7.44. The van der Waals surface area contributed by atoms with Gasteiger partial charge >= 0.3 is 0 Å². The van der Waals surface area contributed by atoms with Gasteiger partial charge in [0.05, 0.1) is 10.6 Å². The lowest BCUT2D eigenvalue weighted by Gasteiger charge is -2.33. The monoisotopic (exact) mass is 535 g/mol. The summed E-state index contributed by atoms with van der Waals surface area (Å²) in [6.45, 7) is 8.06. The molecule has 0 aliphatic carbocycles. The number of carbonyl (C=O) groups is 2. The zero-order chi connectivity index (χ0) is 27.7. The Morgan fingerprint density at radius 1 is 0.868 bits per heavy atom. The predicted octanol–water partition coefficient (Wildman–Crippen LogP) is 4.77. The lowest BCUT2D eigenvalue weighted by Crippen LogP contribution is -2.52. The van der Waals surface area contributed by atoms with Crippen molar-refractivity contribution >= 4 is 27.5 Å². The van der Waals surface area contributed by atoms with Crippen LogP contribution in [0, 0.1) is 12.8 Å². The van der Waals surface area contributed by atoms with E-state index < -0.39 is 28.5 Å². The Hall–Kier alpha value is -3.65. The van der Waals surface area contributed by atoms with Crippen LogP contribution in [0.3, 0.4) is 0 Å². The number of sulfonamides is 1. The van der Waals surface area contributed by atoms with Crippen LogP contribution < -0.4 is 9.62 Å². The number of carbonyl (C=O) groups excluding carboxylic acids is 2. The largest absolute Gasteiger partial charge is 0.354 e. The van der Waals surface area contributed by atoms with Gasteiger partial charge in [0.15, 0.2) is 0 Å². The molecule has 0 spiro atoms. The van der Waals surface area contributed by atoms with E-state index in [4.69, 9.17) is 0 Å². The molecule has 0 aliphatic rings. The quantitative estimate of drug-likeness (QED) is 0.362. The second kappa shape index (κ2) is 13.2. The van der Waals surface area contributed by atoms with Crippen molar-refractivity contribution in [3.8, 4) is 0 Å². The summed E-state index contributed by atoms with van der Waals surface area (Å²) >= 11 is 0. The Kier molecular flexibility index (Phi) is 10.1. The number of benzene rings is 3. The van der Waals surface area contributed by atoms with Gasteiger partial charge in [-0.15, -0.1) is 0 Å². The molecule has 0 saturated carbocycles. The van der Waals surface area contributed by atoms with Crippen molar-refractivity contribution in [3.05, 3.63) is 96.1 Å². The molecule has 0 aliphatic heterocycles. The fourth-order valence-corrected chi connectivity index (χ4v) is 5.51. The topological polar surface area (TPSA) is 86.8 Å². The van der Waals surface area contributed by atoms with Crippen molar-refractivity contribution in [1.82, 2.24) is 10.2 Å². The highest BCUT2D eigenvalue weighted by atomic mass is 32.2. The number of hydrogen-bond donors (Lipinski definition) is 1. The number of nitrogens with one attached hydrogen (secondary N) is 1. The average molecular weight is 536 g/mol. The van der Waals surface area contributed by atoms with Crippen LogP contribution in [0.4, 0.5) is 5.69 Å². The summed E-state index contributed by atoms with van der Waals surface area (Å²) in [7, 11) is -4.05. The smallest absolute Gasteiger partial charge is 0.264 e. The van der Waals surface area contributed by atoms with Crippen LogP contribution in [-0.4, -0.2) is 44.3 Å². The average Bonchev–Trinajstić information content (AvgIpc) is 2.92. The summed E-state index contributed by atoms with van der Waals surface area (Å²) in [5, 5.41) is 2.94. The summed E-state index contributed by atoms with van der Waals surface area (Å²) in [5.41, 5.74) is 2.31. The molecule has 0 aromatic heterocycles. The molecule has 0 saturated heterocycles. The summed E-state index contributed by atoms with van der Waals surface area (Å²) in [4.78, 5) is 28.7. The number of para-hydroxylation sites is 1. The number of anilines is 1. The normalized spacial score (nSPS) is 12.1.